The van der Waals surface area contributed by atoms with Crippen molar-refractivity contribution >= 4 is 27.6 Å². The number of carbonyl (C=O) groups excluding carboxylic acids is 2. The fraction of sp³-hybridized carbons (Fsp3) is 0.333. The Labute approximate surface area is 120 Å². The first kappa shape index (κ1) is 12.6. The maximum atomic E-state index is 12.2. The maximum Gasteiger partial charge on any atom is 0.225 e. The highest BCUT2D eigenvalue weighted by atomic mass is 79.9. The Morgan fingerprint density at radius 2 is 1.84 bits per heavy atom. The molecule has 0 saturated heterocycles. The number of Topliss-reactive ketones (excluding diaryl/α,β-unsaturated/α-hetero) is 1. The van der Waals surface area contributed by atoms with Crippen molar-refractivity contribution in [3.63, 3.8) is 0 Å². The molecule has 1 aliphatic heterocycles. The van der Waals surface area contributed by atoms with Gasteiger partial charge in [-0.1, -0.05) is 28.1 Å². The Morgan fingerprint density at radius 3 is 2.58 bits per heavy atom. The summed E-state index contributed by atoms with van der Waals surface area (Å²) in [7, 11) is 0. The number of ketones is 1. The molecule has 0 spiro atoms. The fourth-order valence-corrected chi connectivity index (χ4v) is 3.15. The smallest absolute Gasteiger partial charge is 0.225 e. The zero-order chi connectivity index (χ0) is 13.4. The molecule has 0 unspecified atom stereocenters. The van der Waals surface area contributed by atoms with Crippen LogP contribution in [0.1, 0.15) is 37.2 Å². The van der Waals surface area contributed by atoms with Gasteiger partial charge in [0.2, 0.25) is 5.91 Å². The molecule has 1 aromatic carbocycles. The molecule has 3 nitrogen and oxygen atoms in total. The molecule has 0 radical (unpaired) electrons. The first-order chi connectivity index (χ1) is 9.15. The van der Waals surface area contributed by atoms with E-state index < -0.39 is 0 Å². The van der Waals surface area contributed by atoms with Crippen molar-refractivity contribution in [1.29, 1.82) is 0 Å². The molecule has 1 atom stereocenters. The SMILES string of the molecule is O=C1C[C@H](c2ccc(Br)cc2)C2=C(CCCC2=O)N1. The molecule has 1 amide bonds. The minimum absolute atomic E-state index is 0.0152. The van der Waals surface area contributed by atoms with Crippen molar-refractivity contribution in [2.75, 3.05) is 0 Å². The second kappa shape index (κ2) is 4.93. The Balaban J connectivity index is 2.05. The first-order valence-electron chi connectivity index (χ1n) is 6.46. The lowest BCUT2D eigenvalue weighted by Crippen LogP contribution is -2.36. The van der Waals surface area contributed by atoms with Crippen LogP contribution in [0.2, 0.25) is 0 Å². The van der Waals surface area contributed by atoms with Crippen molar-refractivity contribution in [2.24, 2.45) is 0 Å². The van der Waals surface area contributed by atoms with E-state index in [-0.39, 0.29) is 17.6 Å². The number of hydrogen-bond acceptors (Lipinski definition) is 2. The summed E-state index contributed by atoms with van der Waals surface area (Å²) in [5.41, 5.74) is 2.72. The summed E-state index contributed by atoms with van der Waals surface area (Å²) in [6, 6.07) is 7.88. The van der Waals surface area contributed by atoms with Crippen LogP contribution in [0.5, 0.6) is 0 Å². The van der Waals surface area contributed by atoms with Gasteiger partial charge < -0.3 is 5.32 Å². The molecule has 19 heavy (non-hydrogen) atoms. The topological polar surface area (TPSA) is 46.2 Å². The van der Waals surface area contributed by atoms with Gasteiger partial charge in [0.25, 0.3) is 0 Å². The van der Waals surface area contributed by atoms with E-state index in [2.05, 4.69) is 21.2 Å². The van der Waals surface area contributed by atoms with Gasteiger partial charge in [0.1, 0.15) is 0 Å². The highest BCUT2D eigenvalue weighted by Crippen LogP contribution is 2.38. The Bertz CT molecular complexity index is 574. The van der Waals surface area contributed by atoms with Crippen LogP contribution in [0.15, 0.2) is 40.0 Å². The molecule has 3 rings (SSSR count). The molecular formula is C15H14BrNO2. The molecule has 98 valence electrons. The third-order valence-electron chi connectivity index (χ3n) is 3.76. The average Bonchev–Trinajstić information content (AvgIpc) is 2.38. The van der Waals surface area contributed by atoms with Gasteiger partial charge in [0.15, 0.2) is 5.78 Å². The quantitative estimate of drug-likeness (QED) is 0.864. The van der Waals surface area contributed by atoms with Crippen molar-refractivity contribution in [3.05, 3.63) is 45.6 Å². The maximum absolute atomic E-state index is 12.2. The van der Waals surface area contributed by atoms with Crippen LogP contribution in [-0.2, 0) is 9.59 Å². The highest BCUT2D eigenvalue weighted by Gasteiger charge is 2.34. The lowest BCUT2D eigenvalue weighted by molar-refractivity contribution is -0.122. The predicted molar refractivity (Wildman–Crippen MR) is 75.5 cm³/mol. The third kappa shape index (κ3) is 2.37. The summed E-state index contributed by atoms with van der Waals surface area (Å²) >= 11 is 3.40. The number of allylic oxidation sites excluding steroid dienone is 2. The van der Waals surface area contributed by atoms with Crippen LogP contribution < -0.4 is 5.32 Å². The summed E-state index contributed by atoms with van der Waals surface area (Å²) in [5, 5.41) is 2.87. The van der Waals surface area contributed by atoms with E-state index >= 15 is 0 Å². The van der Waals surface area contributed by atoms with E-state index in [1.54, 1.807) is 0 Å². The van der Waals surface area contributed by atoms with Gasteiger partial charge in [-0.2, -0.15) is 0 Å². The minimum atomic E-state index is -0.0790. The highest BCUT2D eigenvalue weighted by molar-refractivity contribution is 9.10. The van der Waals surface area contributed by atoms with Gasteiger partial charge in [-0.3, -0.25) is 9.59 Å². The average molecular weight is 320 g/mol. The summed E-state index contributed by atoms with van der Waals surface area (Å²) in [5.74, 6) is 0.125. The van der Waals surface area contributed by atoms with E-state index in [1.165, 1.54) is 0 Å². The zero-order valence-electron chi connectivity index (χ0n) is 10.4. The summed E-state index contributed by atoms with van der Waals surface area (Å²) < 4.78 is 1.00. The van der Waals surface area contributed by atoms with Gasteiger partial charge in [0.05, 0.1) is 0 Å². The number of benzene rings is 1. The molecule has 1 aliphatic carbocycles. The molecule has 0 aromatic heterocycles. The molecule has 4 heteroatoms. The molecule has 2 aliphatic rings. The normalized spacial score (nSPS) is 23.1. The van der Waals surface area contributed by atoms with Crippen LogP contribution in [0.4, 0.5) is 0 Å². The largest absolute Gasteiger partial charge is 0.329 e. The van der Waals surface area contributed by atoms with Crippen LogP contribution >= 0.6 is 15.9 Å². The molecule has 0 saturated carbocycles. The summed E-state index contributed by atoms with van der Waals surface area (Å²) in [4.78, 5) is 24.0. The van der Waals surface area contributed by atoms with Crippen molar-refractivity contribution in [3.8, 4) is 0 Å². The monoisotopic (exact) mass is 319 g/mol. The number of rotatable bonds is 1. The van der Waals surface area contributed by atoms with Crippen molar-refractivity contribution in [2.45, 2.75) is 31.6 Å². The first-order valence-corrected chi connectivity index (χ1v) is 7.26. The lowest BCUT2D eigenvalue weighted by Gasteiger charge is -2.31. The van der Waals surface area contributed by atoms with Crippen LogP contribution in [0, 0.1) is 0 Å². The van der Waals surface area contributed by atoms with E-state index in [4.69, 9.17) is 0 Å². The second-order valence-corrected chi connectivity index (χ2v) is 5.94. The number of carbonyl (C=O) groups is 2. The van der Waals surface area contributed by atoms with Crippen LogP contribution in [0.25, 0.3) is 0 Å². The molecule has 0 fully saturated rings. The molecule has 1 aromatic rings. The predicted octanol–water partition coefficient (Wildman–Crippen LogP) is 3.06. The number of hydrogen-bond donors (Lipinski definition) is 1. The molecule has 0 bridgehead atoms. The zero-order valence-corrected chi connectivity index (χ0v) is 12.0. The minimum Gasteiger partial charge on any atom is -0.329 e. The summed E-state index contributed by atoms with van der Waals surface area (Å²) in [6.45, 7) is 0. The van der Waals surface area contributed by atoms with E-state index in [9.17, 15) is 9.59 Å². The van der Waals surface area contributed by atoms with E-state index in [0.717, 1.165) is 34.1 Å². The molecule has 1 heterocycles. The van der Waals surface area contributed by atoms with Crippen molar-refractivity contribution in [1.82, 2.24) is 5.32 Å². The summed E-state index contributed by atoms with van der Waals surface area (Å²) in [6.07, 6.45) is 2.61. The Hall–Kier alpha value is -1.42. The fourth-order valence-electron chi connectivity index (χ4n) is 2.88. The van der Waals surface area contributed by atoms with E-state index in [1.807, 2.05) is 24.3 Å². The number of nitrogens with one attached hydrogen (secondary N) is 1. The van der Waals surface area contributed by atoms with Crippen LogP contribution in [0.3, 0.4) is 0 Å². The van der Waals surface area contributed by atoms with Gasteiger partial charge >= 0.3 is 0 Å². The van der Waals surface area contributed by atoms with Crippen LogP contribution in [-0.4, -0.2) is 11.7 Å². The number of halogens is 1. The Morgan fingerprint density at radius 1 is 1.11 bits per heavy atom. The van der Waals surface area contributed by atoms with Gasteiger partial charge in [-0.15, -0.1) is 0 Å². The molecule has 1 N–H and O–H groups in total. The van der Waals surface area contributed by atoms with Crippen molar-refractivity contribution < 1.29 is 9.59 Å². The molecular weight excluding hydrogens is 306 g/mol. The van der Waals surface area contributed by atoms with E-state index in [0.29, 0.717) is 12.8 Å². The standard InChI is InChI=1S/C15H14BrNO2/c16-10-6-4-9(5-7-10)11-8-14(19)17-12-2-1-3-13(18)15(11)12/h4-7,11H,1-3,8H2,(H,17,19)/t11-/m1/s1. The Kier molecular flexibility index (Phi) is 3.27. The second-order valence-electron chi connectivity index (χ2n) is 5.03. The van der Waals surface area contributed by atoms with Gasteiger partial charge in [-0.05, 0) is 30.5 Å². The third-order valence-corrected chi connectivity index (χ3v) is 4.29. The number of amides is 1. The lowest BCUT2D eigenvalue weighted by atomic mass is 9.78. The van der Waals surface area contributed by atoms with Gasteiger partial charge in [-0.25, -0.2) is 0 Å². The van der Waals surface area contributed by atoms with Gasteiger partial charge in [0, 0.05) is 34.5 Å².